The van der Waals surface area contributed by atoms with Gasteiger partial charge in [0.05, 0.1) is 17.4 Å². The third-order valence-corrected chi connectivity index (χ3v) is 6.24. The lowest BCUT2D eigenvalue weighted by atomic mass is 10.0. The van der Waals surface area contributed by atoms with Gasteiger partial charge in [-0.05, 0) is 59.2 Å². The predicted molar refractivity (Wildman–Crippen MR) is 123 cm³/mol. The molecule has 5 aromatic rings. The van der Waals surface area contributed by atoms with E-state index in [-0.39, 0.29) is 5.56 Å². The molecule has 0 saturated carbocycles. The van der Waals surface area contributed by atoms with Crippen LogP contribution in [-0.2, 0) is 6.42 Å². The highest BCUT2D eigenvalue weighted by atomic mass is 35.5. The van der Waals surface area contributed by atoms with E-state index in [1.807, 2.05) is 6.07 Å². The van der Waals surface area contributed by atoms with E-state index in [1.165, 1.54) is 17.1 Å². The van der Waals surface area contributed by atoms with Crippen molar-refractivity contribution in [2.24, 2.45) is 0 Å². The highest BCUT2D eigenvalue weighted by Gasteiger charge is 2.30. The number of nitrogens with zero attached hydrogens (tertiary/aromatic N) is 6. The lowest BCUT2D eigenvalue weighted by Gasteiger charge is -2.15. The Morgan fingerprint density at radius 3 is 2.76 bits per heavy atom. The molecule has 1 aliphatic rings. The fourth-order valence-corrected chi connectivity index (χ4v) is 4.67. The minimum absolute atomic E-state index is 0.234. The number of hydrogen-bond donors (Lipinski definition) is 1. The molecule has 1 aliphatic heterocycles. The fourth-order valence-electron chi connectivity index (χ4n) is 4.50. The average Bonchev–Trinajstić information content (AvgIpc) is 3.59. The van der Waals surface area contributed by atoms with Crippen LogP contribution < -0.4 is 5.56 Å². The molecule has 8 nitrogen and oxygen atoms in total. The molecule has 0 unspecified atom stereocenters. The van der Waals surface area contributed by atoms with Crippen LogP contribution in [0.2, 0.25) is 5.02 Å². The van der Waals surface area contributed by atoms with Gasteiger partial charge in [-0.1, -0.05) is 35.9 Å². The van der Waals surface area contributed by atoms with E-state index in [4.69, 9.17) is 11.6 Å². The first-order valence-electron chi connectivity index (χ1n) is 10.6. The van der Waals surface area contributed by atoms with Crippen molar-refractivity contribution in [3.05, 3.63) is 99.7 Å². The van der Waals surface area contributed by atoms with Crippen molar-refractivity contribution in [1.29, 1.82) is 0 Å². The lowest BCUT2D eigenvalue weighted by molar-refractivity contribution is 0.515. The molecular weight excluding hydrogens is 457 g/mol. The zero-order chi connectivity index (χ0) is 23.2. The minimum atomic E-state index is -0.604. The molecular formula is C24H16ClFN7O. The van der Waals surface area contributed by atoms with Crippen molar-refractivity contribution in [2.75, 3.05) is 0 Å². The van der Waals surface area contributed by atoms with Crippen LogP contribution in [-0.4, -0.2) is 34.7 Å². The molecule has 0 aliphatic carbocycles. The largest absolute Gasteiger partial charge is 0.338 e. The average molecular weight is 473 g/mol. The van der Waals surface area contributed by atoms with Gasteiger partial charge < -0.3 is 9.55 Å². The van der Waals surface area contributed by atoms with E-state index < -0.39 is 12.0 Å². The summed E-state index contributed by atoms with van der Waals surface area (Å²) in [4.78, 5) is 20.4. The number of halogens is 2. The molecule has 6 rings (SSSR count). The molecule has 0 saturated heterocycles. The molecule has 1 radical (unpaired) electrons. The zero-order valence-electron chi connectivity index (χ0n) is 17.6. The molecule has 3 aromatic heterocycles. The number of hydrogen-bond acceptors (Lipinski definition) is 5. The number of aromatic amines is 1. The molecule has 0 bridgehead atoms. The smallest absolute Gasteiger partial charge is 0.251 e. The molecule has 0 amide bonds. The Morgan fingerprint density at radius 2 is 1.97 bits per heavy atom. The number of nitrogens with one attached hydrogen (secondary N) is 1. The van der Waals surface area contributed by atoms with E-state index >= 15 is 0 Å². The van der Waals surface area contributed by atoms with Gasteiger partial charge in [0.25, 0.3) is 5.56 Å². The number of aromatic nitrogens is 7. The Balaban J connectivity index is 1.43. The van der Waals surface area contributed by atoms with Gasteiger partial charge >= 0.3 is 0 Å². The fraction of sp³-hybridized carbons (Fsp3) is 0.125. The zero-order valence-corrected chi connectivity index (χ0v) is 18.4. The minimum Gasteiger partial charge on any atom is -0.338 e. The number of aryl methyl sites for hydroxylation is 1. The summed E-state index contributed by atoms with van der Waals surface area (Å²) < 4.78 is 18.0. The van der Waals surface area contributed by atoms with E-state index in [1.54, 1.807) is 47.0 Å². The first-order valence-corrected chi connectivity index (χ1v) is 11.0. The summed E-state index contributed by atoms with van der Waals surface area (Å²) in [7, 11) is 0. The highest BCUT2D eigenvalue weighted by molar-refractivity contribution is 6.31. The van der Waals surface area contributed by atoms with Crippen LogP contribution >= 0.6 is 11.6 Å². The number of benzene rings is 2. The number of imidazole rings is 1. The van der Waals surface area contributed by atoms with E-state index in [0.29, 0.717) is 40.6 Å². The molecule has 4 heterocycles. The maximum atomic E-state index is 14.9. The van der Waals surface area contributed by atoms with Gasteiger partial charge in [-0.25, -0.2) is 4.98 Å². The molecule has 1 N–H and O–H groups in total. The monoisotopic (exact) mass is 472 g/mol. The first-order chi connectivity index (χ1) is 16.6. The summed E-state index contributed by atoms with van der Waals surface area (Å²) >= 11 is 6.26. The number of tetrazole rings is 1. The van der Waals surface area contributed by atoms with Crippen LogP contribution in [0.4, 0.5) is 4.39 Å². The second kappa shape index (κ2) is 8.03. The summed E-state index contributed by atoms with van der Waals surface area (Å²) in [6.45, 7) is 0. The molecule has 34 heavy (non-hydrogen) atoms. The van der Waals surface area contributed by atoms with Crippen molar-refractivity contribution in [2.45, 2.75) is 18.9 Å². The predicted octanol–water partition coefficient (Wildman–Crippen LogP) is 4.01. The van der Waals surface area contributed by atoms with Crippen molar-refractivity contribution in [3.8, 4) is 28.2 Å². The van der Waals surface area contributed by atoms with Crippen molar-refractivity contribution < 1.29 is 4.39 Å². The van der Waals surface area contributed by atoms with Gasteiger partial charge in [0, 0.05) is 27.9 Å². The van der Waals surface area contributed by atoms with Gasteiger partial charge in [-0.3, -0.25) is 4.79 Å². The normalized spacial score (nSPS) is 14.9. The van der Waals surface area contributed by atoms with E-state index in [9.17, 15) is 9.18 Å². The van der Waals surface area contributed by atoms with Crippen LogP contribution in [0.3, 0.4) is 0 Å². The number of H-pyrrole nitrogens is 1. The molecule has 10 heteroatoms. The summed E-state index contributed by atoms with van der Waals surface area (Å²) in [5.74, 6) is -0.183. The Morgan fingerprint density at radius 1 is 1.12 bits per heavy atom. The van der Waals surface area contributed by atoms with Crippen LogP contribution in [0, 0.1) is 12.0 Å². The second-order valence-corrected chi connectivity index (χ2v) is 8.43. The Labute approximate surface area is 197 Å². The molecule has 0 spiro atoms. The van der Waals surface area contributed by atoms with Gasteiger partial charge in [0.1, 0.15) is 12.2 Å². The number of rotatable bonds is 4. The van der Waals surface area contributed by atoms with Crippen molar-refractivity contribution in [3.63, 3.8) is 0 Å². The van der Waals surface area contributed by atoms with Gasteiger partial charge in [0.15, 0.2) is 0 Å². The SMILES string of the molecule is O=c1cc(-c2cc(Cl)ccc2-n2cnnn2)cc2n1[C@H](c1[nH]c(-c3cc[c]cc3)nc1F)CC2. The maximum Gasteiger partial charge on any atom is 0.251 e. The van der Waals surface area contributed by atoms with E-state index in [2.05, 4.69) is 31.6 Å². The van der Waals surface area contributed by atoms with Crippen LogP contribution in [0.1, 0.15) is 23.9 Å². The van der Waals surface area contributed by atoms with Crippen LogP contribution in [0.5, 0.6) is 0 Å². The first kappa shape index (κ1) is 20.5. The number of fused-ring (bicyclic) bond motifs is 1. The van der Waals surface area contributed by atoms with Gasteiger partial charge in [-0.15, -0.1) is 5.10 Å². The molecule has 0 fully saturated rings. The summed E-state index contributed by atoms with van der Waals surface area (Å²) in [6.07, 6.45) is 2.67. The summed E-state index contributed by atoms with van der Waals surface area (Å²) in [6, 6.07) is 18.3. The van der Waals surface area contributed by atoms with Gasteiger partial charge in [0.2, 0.25) is 5.95 Å². The van der Waals surface area contributed by atoms with Crippen LogP contribution in [0.25, 0.3) is 28.2 Å². The molecule has 1 atom stereocenters. The third-order valence-electron chi connectivity index (χ3n) is 6.01. The Bertz CT molecular complexity index is 1560. The van der Waals surface area contributed by atoms with Gasteiger partial charge in [-0.2, -0.15) is 9.07 Å². The standard InChI is InChI=1S/C24H16ClFN7O/c25-16-6-8-19(32-13-27-30-31-32)18(12-16)15-10-17-7-9-20(33(17)21(34)11-15)22-23(26)29-24(28-22)14-4-2-1-3-5-14/h2-6,8,10-13,20H,7,9H2,(H,28,29)/t20-/m0/s1. The van der Waals surface area contributed by atoms with Crippen LogP contribution in [0.15, 0.2) is 65.7 Å². The third kappa shape index (κ3) is 3.41. The van der Waals surface area contributed by atoms with Crippen molar-refractivity contribution in [1.82, 2.24) is 34.7 Å². The molecule has 167 valence electrons. The summed E-state index contributed by atoms with van der Waals surface area (Å²) in [5, 5.41) is 11.9. The number of pyridine rings is 1. The van der Waals surface area contributed by atoms with E-state index in [0.717, 1.165) is 16.8 Å². The Hall–Kier alpha value is -4.11. The second-order valence-electron chi connectivity index (χ2n) is 7.99. The topological polar surface area (TPSA) is 94.3 Å². The Kier molecular flexibility index (Phi) is 4.84. The van der Waals surface area contributed by atoms with Crippen molar-refractivity contribution >= 4 is 11.6 Å². The lowest BCUT2D eigenvalue weighted by Crippen LogP contribution is -2.24. The molecule has 2 aromatic carbocycles. The maximum absolute atomic E-state index is 14.9. The highest BCUT2D eigenvalue weighted by Crippen LogP contribution is 2.35. The quantitative estimate of drug-likeness (QED) is 0.426. The summed E-state index contributed by atoms with van der Waals surface area (Å²) in [5.41, 5.74) is 3.73.